The molecule has 0 bridgehead atoms. The van der Waals surface area contributed by atoms with Gasteiger partial charge in [0.15, 0.2) is 18.1 Å². The second-order valence-corrected chi connectivity index (χ2v) is 7.93. The highest BCUT2D eigenvalue weighted by Crippen LogP contribution is 2.32. The van der Waals surface area contributed by atoms with E-state index in [0.29, 0.717) is 17.9 Å². The summed E-state index contributed by atoms with van der Waals surface area (Å²) < 4.78 is 15.8. The van der Waals surface area contributed by atoms with Gasteiger partial charge in [0.2, 0.25) is 6.79 Å². The Morgan fingerprint density at radius 2 is 1.73 bits per heavy atom. The summed E-state index contributed by atoms with van der Waals surface area (Å²) >= 11 is 0. The van der Waals surface area contributed by atoms with Crippen molar-refractivity contribution in [3.63, 3.8) is 0 Å². The molecule has 2 atom stereocenters. The molecule has 1 N–H and O–H groups in total. The standard InChI is InChI=1S/C24H24N2O7/c1-3-14(2)21(26-22(28)16-6-4-5-7-17(16)23(26)29)24(30)31-12-20(27)25-11-15-8-9-18-19(10-15)33-13-32-18/h4-10,14,21H,3,11-13H2,1-2H3,(H,25,27). The number of amides is 3. The van der Waals surface area contributed by atoms with Gasteiger partial charge in [-0.25, -0.2) is 4.79 Å². The van der Waals surface area contributed by atoms with Crippen molar-refractivity contribution in [2.45, 2.75) is 32.9 Å². The van der Waals surface area contributed by atoms with E-state index in [4.69, 9.17) is 14.2 Å². The van der Waals surface area contributed by atoms with Gasteiger partial charge in [0.1, 0.15) is 6.04 Å². The Kier molecular flexibility index (Phi) is 6.30. The number of hydrogen-bond acceptors (Lipinski definition) is 7. The number of benzene rings is 2. The maximum Gasteiger partial charge on any atom is 0.330 e. The summed E-state index contributed by atoms with van der Waals surface area (Å²) in [6.45, 7) is 3.45. The zero-order chi connectivity index (χ0) is 23.5. The van der Waals surface area contributed by atoms with Crippen LogP contribution in [0.5, 0.6) is 11.5 Å². The van der Waals surface area contributed by atoms with Crippen molar-refractivity contribution >= 4 is 23.7 Å². The van der Waals surface area contributed by atoms with Crippen LogP contribution in [0, 0.1) is 5.92 Å². The first-order valence-corrected chi connectivity index (χ1v) is 10.7. The van der Waals surface area contributed by atoms with Gasteiger partial charge in [-0.1, -0.05) is 38.5 Å². The van der Waals surface area contributed by atoms with Crippen LogP contribution in [-0.4, -0.2) is 48.0 Å². The van der Waals surface area contributed by atoms with Crippen molar-refractivity contribution < 1.29 is 33.4 Å². The highest BCUT2D eigenvalue weighted by molar-refractivity contribution is 6.22. The summed E-state index contributed by atoms with van der Waals surface area (Å²) in [7, 11) is 0. The third-order valence-corrected chi connectivity index (χ3v) is 5.80. The number of carbonyl (C=O) groups is 4. The number of fused-ring (bicyclic) bond motifs is 2. The van der Waals surface area contributed by atoms with Crippen molar-refractivity contribution in [3.8, 4) is 11.5 Å². The van der Waals surface area contributed by atoms with Gasteiger partial charge in [0.05, 0.1) is 11.1 Å². The fraction of sp³-hybridized carbons (Fsp3) is 0.333. The van der Waals surface area contributed by atoms with Crippen LogP contribution >= 0.6 is 0 Å². The minimum absolute atomic E-state index is 0.158. The van der Waals surface area contributed by atoms with Crippen LogP contribution in [0.3, 0.4) is 0 Å². The Hall–Kier alpha value is -3.88. The van der Waals surface area contributed by atoms with Crippen molar-refractivity contribution in [1.82, 2.24) is 10.2 Å². The summed E-state index contributed by atoms with van der Waals surface area (Å²) in [5.41, 5.74) is 1.30. The van der Waals surface area contributed by atoms with Crippen LogP contribution in [0.1, 0.15) is 46.5 Å². The number of rotatable bonds is 8. The van der Waals surface area contributed by atoms with Gasteiger partial charge in [0, 0.05) is 6.54 Å². The van der Waals surface area contributed by atoms with E-state index in [1.807, 2.05) is 6.92 Å². The van der Waals surface area contributed by atoms with Gasteiger partial charge in [-0.2, -0.15) is 0 Å². The highest BCUT2D eigenvalue weighted by atomic mass is 16.7. The maximum absolute atomic E-state index is 12.9. The van der Waals surface area contributed by atoms with Crippen LogP contribution in [0.15, 0.2) is 42.5 Å². The normalized spacial score (nSPS) is 15.8. The number of imide groups is 1. The van der Waals surface area contributed by atoms with Crippen molar-refractivity contribution in [2.24, 2.45) is 5.92 Å². The van der Waals surface area contributed by atoms with Crippen molar-refractivity contribution in [1.29, 1.82) is 0 Å². The molecule has 9 heteroatoms. The molecule has 9 nitrogen and oxygen atoms in total. The molecule has 0 aromatic heterocycles. The molecule has 2 heterocycles. The monoisotopic (exact) mass is 452 g/mol. The summed E-state index contributed by atoms with van der Waals surface area (Å²) in [4.78, 5) is 51.8. The van der Waals surface area contributed by atoms with Gasteiger partial charge in [0.25, 0.3) is 17.7 Å². The van der Waals surface area contributed by atoms with E-state index in [-0.39, 0.29) is 30.4 Å². The number of nitrogens with zero attached hydrogens (tertiary/aromatic N) is 1. The molecule has 0 fully saturated rings. The SMILES string of the molecule is CCC(C)C(C(=O)OCC(=O)NCc1ccc2c(c1)OCO2)N1C(=O)c2ccccc2C1=O. The molecule has 2 aromatic rings. The fourth-order valence-electron chi connectivity index (χ4n) is 3.80. The van der Waals surface area contributed by atoms with E-state index in [1.165, 1.54) is 0 Å². The zero-order valence-corrected chi connectivity index (χ0v) is 18.3. The van der Waals surface area contributed by atoms with E-state index in [9.17, 15) is 19.2 Å². The topological polar surface area (TPSA) is 111 Å². The van der Waals surface area contributed by atoms with Gasteiger partial charge in [-0.3, -0.25) is 19.3 Å². The summed E-state index contributed by atoms with van der Waals surface area (Å²) in [5.74, 6) is -1.48. The molecule has 2 aliphatic heterocycles. The largest absolute Gasteiger partial charge is 0.454 e. The summed E-state index contributed by atoms with van der Waals surface area (Å²) in [6, 6.07) is 10.6. The minimum atomic E-state index is -1.12. The molecule has 3 amide bonds. The third-order valence-electron chi connectivity index (χ3n) is 5.80. The molecular weight excluding hydrogens is 428 g/mol. The Labute approximate surface area is 190 Å². The van der Waals surface area contributed by atoms with Crippen LogP contribution in [0.25, 0.3) is 0 Å². The molecule has 4 rings (SSSR count). The first kappa shape index (κ1) is 22.3. The molecule has 0 spiro atoms. The predicted octanol–water partition coefficient (Wildman–Crippen LogP) is 2.29. The summed E-state index contributed by atoms with van der Waals surface area (Å²) in [6.07, 6.45) is 0.531. The van der Waals surface area contributed by atoms with Crippen molar-refractivity contribution in [3.05, 3.63) is 59.2 Å². The molecular formula is C24H24N2O7. The van der Waals surface area contributed by atoms with E-state index in [2.05, 4.69) is 5.32 Å². The average molecular weight is 452 g/mol. The van der Waals surface area contributed by atoms with Gasteiger partial charge in [-0.15, -0.1) is 0 Å². The molecule has 2 unspecified atom stereocenters. The first-order valence-electron chi connectivity index (χ1n) is 10.7. The van der Waals surface area contributed by atoms with E-state index >= 15 is 0 Å². The lowest BCUT2D eigenvalue weighted by molar-refractivity contribution is -0.154. The maximum atomic E-state index is 12.9. The summed E-state index contributed by atoms with van der Waals surface area (Å²) in [5, 5.41) is 2.67. The molecule has 0 saturated heterocycles. The Bertz CT molecular complexity index is 1080. The third kappa shape index (κ3) is 4.39. The second kappa shape index (κ2) is 9.32. The van der Waals surface area contributed by atoms with Gasteiger partial charge < -0.3 is 19.5 Å². The molecule has 0 aliphatic carbocycles. The number of nitrogens with one attached hydrogen (secondary N) is 1. The van der Waals surface area contributed by atoms with E-state index in [0.717, 1.165) is 10.5 Å². The minimum Gasteiger partial charge on any atom is -0.454 e. The lowest BCUT2D eigenvalue weighted by Gasteiger charge is -2.28. The van der Waals surface area contributed by atoms with Crippen LogP contribution in [0.4, 0.5) is 0 Å². The molecule has 33 heavy (non-hydrogen) atoms. The smallest absolute Gasteiger partial charge is 0.330 e. The number of ether oxygens (including phenoxy) is 3. The molecule has 0 radical (unpaired) electrons. The number of hydrogen-bond donors (Lipinski definition) is 1. The zero-order valence-electron chi connectivity index (χ0n) is 18.3. The molecule has 2 aromatic carbocycles. The van der Waals surface area contributed by atoms with E-state index < -0.39 is 36.3 Å². The Morgan fingerprint density at radius 3 is 2.39 bits per heavy atom. The second-order valence-electron chi connectivity index (χ2n) is 7.93. The fourth-order valence-corrected chi connectivity index (χ4v) is 3.80. The highest BCUT2D eigenvalue weighted by Gasteiger charge is 2.45. The molecule has 2 aliphatic rings. The Balaban J connectivity index is 1.37. The van der Waals surface area contributed by atoms with Crippen molar-refractivity contribution in [2.75, 3.05) is 13.4 Å². The lowest BCUT2D eigenvalue weighted by atomic mass is 9.97. The predicted molar refractivity (Wildman–Crippen MR) is 116 cm³/mol. The Morgan fingerprint density at radius 1 is 1.06 bits per heavy atom. The van der Waals surface area contributed by atoms with Gasteiger partial charge >= 0.3 is 5.97 Å². The van der Waals surface area contributed by atoms with Crippen LogP contribution < -0.4 is 14.8 Å². The lowest BCUT2D eigenvalue weighted by Crippen LogP contribution is -2.49. The quantitative estimate of drug-likeness (QED) is 0.483. The van der Waals surface area contributed by atoms with Crippen LogP contribution in [0.2, 0.25) is 0 Å². The molecule has 0 saturated carbocycles. The first-order chi connectivity index (χ1) is 15.9. The number of carbonyl (C=O) groups excluding carboxylic acids is 4. The van der Waals surface area contributed by atoms with Crippen LogP contribution in [-0.2, 0) is 20.9 Å². The van der Waals surface area contributed by atoms with E-state index in [1.54, 1.807) is 49.4 Å². The average Bonchev–Trinajstić information content (AvgIpc) is 3.39. The number of esters is 1. The van der Waals surface area contributed by atoms with Gasteiger partial charge in [-0.05, 0) is 35.7 Å². The molecule has 172 valence electrons.